The van der Waals surface area contributed by atoms with Crippen molar-refractivity contribution in [3.8, 4) is 5.75 Å². The molecule has 0 spiro atoms. The van der Waals surface area contributed by atoms with Crippen LogP contribution in [0.25, 0.3) is 0 Å². The third-order valence-electron chi connectivity index (χ3n) is 2.82. The molecule has 0 saturated carbocycles. The summed E-state index contributed by atoms with van der Waals surface area (Å²) in [5, 5.41) is 0. The molecule has 4 nitrogen and oxygen atoms in total. The molecule has 1 aromatic carbocycles. The SMILES string of the molecule is Cc1sc(=O)n(CCOc2cccc(N)c2)c1C. The quantitative estimate of drug-likeness (QED) is 0.861. The summed E-state index contributed by atoms with van der Waals surface area (Å²) in [6, 6.07) is 7.28. The molecular formula is C13H16N2O2S. The Kier molecular flexibility index (Phi) is 3.72. The Balaban J connectivity index is 1.99. The molecule has 0 atom stereocenters. The predicted molar refractivity (Wildman–Crippen MR) is 74.4 cm³/mol. The molecule has 2 aromatic rings. The van der Waals surface area contributed by atoms with Crippen molar-refractivity contribution in [3.63, 3.8) is 0 Å². The smallest absolute Gasteiger partial charge is 0.307 e. The Hall–Kier alpha value is -1.75. The number of nitrogens with two attached hydrogens (primary N) is 1. The van der Waals surface area contributed by atoms with Gasteiger partial charge in [-0.05, 0) is 26.0 Å². The first-order valence-electron chi connectivity index (χ1n) is 5.73. The number of hydrogen-bond donors (Lipinski definition) is 1. The molecule has 1 heterocycles. The van der Waals surface area contributed by atoms with Gasteiger partial charge >= 0.3 is 4.87 Å². The van der Waals surface area contributed by atoms with Crippen LogP contribution in [0.5, 0.6) is 5.75 Å². The van der Waals surface area contributed by atoms with Gasteiger partial charge in [-0.25, -0.2) is 0 Å². The third kappa shape index (κ3) is 2.73. The molecule has 0 unspecified atom stereocenters. The minimum atomic E-state index is 0.0705. The van der Waals surface area contributed by atoms with Crippen molar-refractivity contribution in [2.45, 2.75) is 20.4 Å². The van der Waals surface area contributed by atoms with E-state index in [4.69, 9.17) is 10.5 Å². The van der Waals surface area contributed by atoms with Crippen LogP contribution in [-0.2, 0) is 6.54 Å². The summed E-state index contributed by atoms with van der Waals surface area (Å²) in [4.78, 5) is 12.8. The van der Waals surface area contributed by atoms with E-state index in [0.717, 1.165) is 16.3 Å². The minimum absolute atomic E-state index is 0.0705. The Morgan fingerprint density at radius 1 is 1.39 bits per heavy atom. The van der Waals surface area contributed by atoms with E-state index >= 15 is 0 Å². The zero-order valence-electron chi connectivity index (χ0n) is 10.5. The molecule has 18 heavy (non-hydrogen) atoms. The van der Waals surface area contributed by atoms with Gasteiger partial charge in [0.05, 0.1) is 6.54 Å². The maximum atomic E-state index is 11.7. The van der Waals surface area contributed by atoms with E-state index in [1.54, 1.807) is 10.6 Å². The fourth-order valence-corrected chi connectivity index (χ4v) is 2.56. The first-order valence-corrected chi connectivity index (χ1v) is 6.55. The third-order valence-corrected chi connectivity index (χ3v) is 3.81. The molecule has 0 amide bonds. The standard InChI is InChI=1S/C13H16N2O2S/c1-9-10(2)18-13(16)15(9)6-7-17-12-5-3-4-11(14)8-12/h3-5,8H,6-7,14H2,1-2H3. The summed E-state index contributed by atoms with van der Waals surface area (Å²) < 4.78 is 7.32. The van der Waals surface area contributed by atoms with Gasteiger partial charge < -0.3 is 10.5 Å². The van der Waals surface area contributed by atoms with Gasteiger partial charge in [-0.3, -0.25) is 9.36 Å². The molecule has 2 N–H and O–H groups in total. The lowest BCUT2D eigenvalue weighted by molar-refractivity contribution is 0.296. The first kappa shape index (κ1) is 12.7. The summed E-state index contributed by atoms with van der Waals surface area (Å²) in [6.07, 6.45) is 0. The summed E-state index contributed by atoms with van der Waals surface area (Å²) in [7, 11) is 0. The van der Waals surface area contributed by atoms with Crippen molar-refractivity contribution in [2.24, 2.45) is 0 Å². The number of thiazole rings is 1. The van der Waals surface area contributed by atoms with Crippen molar-refractivity contribution in [2.75, 3.05) is 12.3 Å². The summed E-state index contributed by atoms with van der Waals surface area (Å²) >= 11 is 1.28. The highest BCUT2D eigenvalue weighted by Crippen LogP contribution is 2.14. The summed E-state index contributed by atoms with van der Waals surface area (Å²) in [6.45, 7) is 4.93. The Morgan fingerprint density at radius 2 is 2.17 bits per heavy atom. The van der Waals surface area contributed by atoms with Gasteiger partial charge in [0.2, 0.25) is 0 Å². The molecular weight excluding hydrogens is 248 g/mol. The molecule has 96 valence electrons. The fourth-order valence-electron chi connectivity index (χ4n) is 1.71. The highest BCUT2D eigenvalue weighted by Gasteiger charge is 2.06. The number of rotatable bonds is 4. The van der Waals surface area contributed by atoms with E-state index in [9.17, 15) is 4.79 Å². The van der Waals surface area contributed by atoms with Crippen LogP contribution in [0.3, 0.4) is 0 Å². The number of aromatic nitrogens is 1. The number of benzene rings is 1. The Morgan fingerprint density at radius 3 is 2.78 bits per heavy atom. The van der Waals surface area contributed by atoms with Crippen LogP contribution in [0.1, 0.15) is 10.6 Å². The molecule has 2 rings (SSSR count). The molecule has 0 saturated heterocycles. The molecule has 0 fully saturated rings. The average molecular weight is 264 g/mol. The molecule has 0 aliphatic rings. The second kappa shape index (κ2) is 5.27. The van der Waals surface area contributed by atoms with Crippen LogP contribution < -0.4 is 15.3 Å². The lowest BCUT2D eigenvalue weighted by Crippen LogP contribution is -2.19. The summed E-state index contributed by atoms with van der Waals surface area (Å²) in [5.41, 5.74) is 7.35. The lowest BCUT2D eigenvalue weighted by Gasteiger charge is -2.08. The molecule has 0 radical (unpaired) electrons. The average Bonchev–Trinajstić information content (AvgIpc) is 2.56. The number of anilines is 1. The highest BCUT2D eigenvalue weighted by molar-refractivity contribution is 7.09. The largest absolute Gasteiger partial charge is 0.492 e. The van der Waals surface area contributed by atoms with E-state index in [1.165, 1.54) is 11.3 Å². The van der Waals surface area contributed by atoms with E-state index in [2.05, 4.69) is 0 Å². The van der Waals surface area contributed by atoms with Gasteiger partial charge in [-0.15, -0.1) is 0 Å². The van der Waals surface area contributed by atoms with Crippen LogP contribution in [0.4, 0.5) is 5.69 Å². The molecule has 1 aromatic heterocycles. The topological polar surface area (TPSA) is 57.2 Å². The van der Waals surface area contributed by atoms with E-state index in [0.29, 0.717) is 18.8 Å². The normalized spacial score (nSPS) is 10.6. The second-order valence-electron chi connectivity index (χ2n) is 4.08. The maximum absolute atomic E-state index is 11.7. The highest BCUT2D eigenvalue weighted by atomic mass is 32.1. The minimum Gasteiger partial charge on any atom is -0.492 e. The number of aryl methyl sites for hydroxylation is 1. The zero-order valence-corrected chi connectivity index (χ0v) is 11.3. The Labute approximate surface area is 110 Å². The molecule has 5 heteroatoms. The van der Waals surface area contributed by atoms with Gasteiger partial charge in [0.25, 0.3) is 0 Å². The van der Waals surface area contributed by atoms with Gasteiger partial charge in [0, 0.05) is 22.3 Å². The van der Waals surface area contributed by atoms with E-state index in [1.807, 2.05) is 32.0 Å². The number of nitrogen functional groups attached to an aromatic ring is 1. The number of nitrogens with zero attached hydrogens (tertiary/aromatic N) is 1. The lowest BCUT2D eigenvalue weighted by atomic mass is 10.3. The van der Waals surface area contributed by atoms with Crippen molar-refractivity contribution in [3.05, 3.63) is 44.5 Å². The molecule has 0 aliphatic heterocycles. The number of ether oxygens (including phenoxy) is 1. The van der Waals surface area contributed by atoms with Gasteiger partial charge in [0.1, 0.15) is 12.4 Å². The summed E-state index contributed by atoms with van der Waals surface area (Å²) in [5.74, 6) is 0.729. The van der Waals surface area contributed by atoms with Crippen molar-refractivity contribution < 1.29 is 4.74 Å². The Bertz CT molecular complexity index is 601. The fraction of sp³-hybridized carbons (Fsp3) is 0.308. The van der Waals surface area contributed by atoms with Crippen LogP contribution in [0.15, 0.2) is 29.1 Å². The zero-order chi connectivity index (χ0) is 13.1. The monoisotopic (exact) mass is 264 g/mol. The first-order chi connectivity index (χ1) is 8.58. The molecule has 0 bridgehead atoms. The van der Waals surface area contributed by atoms with E-state index in [-0.39, 0.29) is 4.87 Å². The van der Waals surface area contributed by atoms with E-state index < -0.39 is 0 Å². The van der Waals surface area contributed by atoms with Gasteiger partial charge in [-0.2, -0.15) is 0 Å². The van der Waals surface area contributed by atoms with Crippen molar-refractivity contribution in [1.82, 2.24) is 4.57 Å². The predicted octanol–water partition coefficient (Wildman–Crippen LogP) is 2.19. The maximum Gasteiger partial charge on any atom is 0.307 e. The van der Waals surface area contributed by atoms with Gasteiger partial charge in [-0.1, -0.05) is 17.4 Å². The van der Waals surface area contributed by atoms with Crippen molar-refractivity contribution in [1.29, 1.82) is 0 Å². The van der Waals surface area contributed by atoms with Crippen molar-refractivity contribution >= 4 is 17.0 Å². The molecule has 0 aliphatic carbocycles. The van der Waals surface area contributed by atoms with Gasteiger partial charge in [0.15, 0.2) is 0 Å². The second-order valence-corrected chi connectivity index (χ2v) is 5.25. The van der Waals surface area contributed by atoms with Crippen LogP contribution in [-0.4, -0.2) is 11.2 Å². The van der Waals surface area contributed by atoms with Crippen LogP contribution >= 0.6 is 11.3 Å². The van der Waals surface area contributed by atoms with Crippen LogP contribution in [0, 0.1) is 13.8 Å². The van der Waals surface area contributed by atoms with Crippen LogP contribution in [0.2, 0.25) is 0 Å². The number of hydrogen-bond acceptors (Lipinski definition) is 4.